The Bertz CT molecular complexity index is 152. The summed E-state index contributed by atoms with van der Waals surface area (Å²) < 4.78 is 0. The number of β-amino-alcohol motifs (C(OH)–C–C–N with tert-alkyl or cyclic N) is 1. The van der Waals surface area contributed by atoms with Crippen LogP contribution in [0.5, 0.6) is 0 Å². The highest BCUT2D eigenvalue weighted by molar-refractivity contribution is 9.09. The van der Waals surface area contributed by atoms with Gasteiger partial charge >= 0.3 is 0 Å². The molecule has 13 heavy (non-hydrogen) atoms. The summed E-state index contributed by atoms with van der Waals surface area (Å²) in [6, 6.07) is 0. The SMILES string of the molecule is CC(C)C(CBr)CN1CCC(O)C1. The summed E-state index contributed by atoms with van der Waals surface area (Å²) in [6.07, 6.45) is 0.871. The van der Waals surface area contributed by atoms with E-state index in [2.05, 4.69) is 34.7 Å². The van der Waals surface area contributed by atoms with E-state index in [9.17, 15) is 5.11 Å². The molecule has 1 heterocycles. The number of likely N-dealkylation sites (tertiary alicyclic amines) is 1. The summed E-state index contributed by atoms with van der Waals surface area (Å²) in [4.78, 5) is 2.37. The second kappa shape index (κ2) is 5.32. The minimum Gasteiger partial charge on any atom is -0.392 e. The van der Waals surface area contributed by atoms with E-state index in [-0.39, 0.29) is 6.10 Å². The Morgan fingerprint density at radius 2 is 2.23 bits per heavy atom. The van der Waals surface area contributed by atoms with Crippen LogP contribution in [-0.2, 0) is 0 Å². The highest BCUT2D eigenvalue weighted by Crippen LogP contribution is 2.18. The molecule has 1 aliphatic rings. The second-order valence-electron chi connectivity index (χ2n) is 4.36. The van der Waals surface area contributed by atoms with E-state index in [0.29, 0.717) is 5.92 Å². The number of rotatable bonds is 4. The van der Waals surface area contributed by atoms with Gasteiger partial charge < -0.3 is 10.0 Å². The maximum atomic E-state index is 9.37. The van der Waals surface area contributed by atoms with Gasteiger partial charge in [-0.3, -0.25) is 0 Å². The van der Waals surface area contributed by atoms with Gasteiger partial charge in [0.25, 0.3) is 0 Å². The van der Waals surface area contributed by atoms with Gasteiger partial charge in [-0.2, -0.15) is 0 Å². The average Bonchev–Trinajstić information content (AvgIpc) is 2.46. The molecule has 1 rings (SSSR count). The van der Waals surface area contributed by atoms with Crippen LogP contribution in [0.15, 0.2) is 0 Å². The van der Waals surface area contributed by atoms with Crippen molar-refractivity contribution in [2.75, 3.05) is 25.0 Å². The normalized spacial score (nSPS) is 27.0. The van der Waals surface area contributed by atoms with Crippen molar-refractivity contribution in [3.63, 3.8) is 0 Å². The Balaban J connectivity index is 2.30. The molecule has 1 saturated heterocycles. The lowest BCUT2D eigenvalue weighted by molar-refractivity contribution is 0.167. The van der Waals surface area contributed by atoms with E-state index < -0.39 is 0 Å². The molecular formula is C10H20BrNO. The lowest BCUT2D eigenvalue weighted by Crippen LogP contribution is -2.31. The molecule has 2 unspecified atom stereocenters. The molecule has 2 atom stereocenters. The van der Waals surface area contributed by atoms with Crippen molar-refractivity contribution in [3.05, 3.63) is 0 Å². The predicted octanol–water partition coefficient (Wildman–Crippen LogP) is 1.72. The fourth-order valence-corrected chi connectivity index (χ4v) is 2.70. The zero-order valence-corrected chi connectivity index (χ0v) is 10.1. The van der Waals surface area contributed by atoms with Gasteiger partial charge in [0.05, 0.1) is 6.10 Å². The van der Waals surface area contributed by atoms with Crippen molar-refractivity contribution >= 4 is 15.9 Å². The minimum absolute atomic E-state index is 0.0804. The van der Waals surface area contributed by atoms with E-state index in [1.54, 1.807) is 0 Å². The van der Waals surface area contributed by atoms with Crippen molar-refractivity contribution in [2.24, 2.45) is 11.8 Å². The fraction of sp³-hybridized carbons (Fsp3) is 1.00. The molecule has 0 radical (unpaired) electrons. The first-order valence-corrected chi connectivity index (χ1v) is 6.22. The van der Waals surface area contributed by atoms with Crippen LogP contribution in [0.2, 0.25) is 0 Å². The highest BCUT2D eigenvalue weighted by Gasteiger charge is 2.23. The summed E-state index contributed by atoms with van der Waals surface area (Å²) in [5.41, 5.74) is 0. The summed E-state index contributed by atoms with van der Waals surface area (Å²) in [6.45, 7) is 7.59. The van der Waals surface area contributed by atoms with Crippen molar-refractivity contribution < 1.29 is 5.11 Å². The van der Waals surface area contributed by atoms with E-state index in [1.165, 1.54) is 0 Å². The number of halogens is 1. The molecule has 0 saturated carbocycles. The highest BCUT2D eigenvalue weighted by atomic mass is 79.9. The van der Waals surface area contributed by atoms with Gasteiger partial charge in [0, 0.05) is 25.0 Å². The molecule has 78 valence electrons. The summed E-state index contributed by atoms with van der Waals surface area (Å²) in [5.74, 6) is 1.43. The third-order valence-electron chi connectivity index (χ3n) is 2.88. The first kappa shape index (κ1) is 11.5. The summed E-state index contributed by atoms with van der Waals surface area (Å²) in [5, 5.41) is 10.4. The van der Waals surface area contributed by atoms with Crippen LogP contribution in [0.1, 0.15) is 20.3 Å². The van der Waals surface area contributed by atoms with Crippen LogP contribution in [0.4, 0.5) is 0 Å². The van der Waals surface area contributed by atoms with Crippen LogP contribution in [0.3, 0.4) is 0 Å². The van der Waals surface area contributed by atoms with Gasteiger partial charge in [-0.1, -0.05) is 29.8 Å². The van der Waals surface area contributed by atoms with Crippen molar-refractivity contribution in [1.29, 1.82) is 0 Å². The molecule has 0 aromatic heterocycles. The molecule has 1 fully saturated rings. The first-order valence-electron chi connectivity index (χ1n) is 5.10. The van der Waals surface area contributed by atoms with Crippen LogP contribution in [0.25, 0.3) is 0 Å². The minimum atomic E-state index is -0.0804. The quantitative estimate of drug-likeness (QED) is 0.768. The van der Waals surface area contributed by atoms with Gasteiger partial charge in [-0.05, 0) is 18.3 Å². The number of aliphatic hydroxyl groups is 1. The zero-order valence-electron chi connectivity index (χ0n) is 8.54. The zero-order chi connectivity index (χ0) is 9.84. The second-order valence-corrected chi connectivity index (χ2v) is 5.01. The molecule has 0 aliphatic carbocycles. The maximum absolute atomic E-state index is 9.37. The third kappa shape index (κ3) is 3.56. The Labute approximate surface area is 89.4 Å². The molecule has 0 aromatic rings. The number of hydrogen-bond donors (Lipinski definition) is 1. The third-order valence-corrected chi connectivity index (χ3v) is 3.71. The van der Waals surface area contributed by atoms with Gasteiger partial charge in [-0.25, -0.2) is 0 Å². The summed E-state index contributed by atoms with van der Waals surface area (Å²) >= 11 is 3.55. The first-order chi connectivity index (χ1) is 6.13. The largest absolute Gasteiger partial charge is 0.392 e. The van der Waals surface area contributed by atoms with Crippen LogP contribution in [0, 0.1) is 11.8 Å². The molecule has 1 aliphatic heterocycles. The molecule has 3 heteroatoms. The van der Waals surface area contributed by atoms with Gasteiger partial charge in [-0.15, -0.1) is 0 Å². The van der Waals surface area contributed by atoms with Crippen LogP contribution >= 0.6 is 15.9 Å². The molecule has 0 aromatic carbocycles. The Kier molecular flexibility index (Phi) is 4.70. The van der Waals surface area contributed by atoms with E-state index >= 15 is 0 Å². The average molecular weight is 250 g/mol. The predicted molar refractivity (Wildman–Crippen MR) is 59.2 cm³/mol. The summed E-state index contributed by atoms with van der Waals surface area (Å²) in [7, 11) is 0. The monoisotopic (exact) mass is 249 g/mol. The number of aliphatic hydroxyl groups excluding tert-OH is 1. The molecule has 1 N–H and O–H groups in total. The van der Waals surface area contributed by atoms with Crippen molar-refractivity contribution in [1.82, 2.24) is 4.90 Å². The maximum Gasteiger partial charge on any atom is 0.0679 e. The molecule has 0 bridgehead atoms. The van der Waals surface area contributed by atoms with E-state index in [4.69, 9.17) is 0 Å². The Hall–Kier alpha value is 0.400. The molecular weight excluding hydrogens is 230 g/mol. The van der Waals surface area contributed by atoms with Gasteiger partial charge in [0.2, 0.25) is 0 Å². The Morgan fingerprint density at radius 3 is 2.62 bits per heavy atom. The van der Waals surface area contributed by atoms with Gasteiger partial charge in [0.15, 0.2) is 0 Å². The Morgan fingerprint density at radius 1 is 1.54 bits per heavy atom. The van der Waals surface area contributed by atoms with Gasteiger partial charge in [0.1, 0.15) is 0 Å². The number of hydrogen-bond acceptors (Lipinski definition) is 2. The molecule has 0 spiro atoms. The smallest absolute Gasteiger partial charge is 0.0679 e. The number of nitrogens with zero attached hydrogens (tertiary/aromatic N) is 1. The fourth-order valence-electron chi connectivity index (χ4n) is 1.75. The van der Waals surface area contributed by atoms with E-state index in [0.717, 1.165) is 37.3 Å². The molecule has 0 amide bonds. The molecule has 2 nitrogen and oxygen atoms in total. The standard InChI is InChI=1S/C10H20BrNO/c1-8(2)9(5-11)6-12-4-3-10(13)7-12/h8-10,13H,3-7H2,1-2H3. The van der Waals surface area contributed by atoms with Crippen LogP contribution < -0.4 is 0 Å². The van der Waals surface area contributed by atoms with Crippen molar-refractivity contribution in [3.8, 4) is 0 Å². The topological polar surface area (TPSA) is 23.5 Å². The number of alkyl halides is 1. The lowest BCUT2D eigenvalue weighted by atomic mass is 9.98. The lowest BCUT2D eigenvalue weighted by Gasteiger charge is -2.24. The van der Waals surface area contributed by atoms with Crippen molar-refractivity contribution in [2.45, 2.75) is 26.4 Å². The van der Waals surface area contributed by atoms with E-state index in [1.807, 2.05) is 0 Å². The van der Waals surface area contributed by atoms with Crippen LogP contribution in [-0.4, -0.2) is 41.1 Å².